The number of aryl methyl sites for hydroxylation is 2. The van der Waals surface area contributed by atoms with Gasteiger partial charge in [0.15, 0.2) is 11.5 Å². The first kappa shape index (κ1) is 12.3. The molecule has 0 amide bonds. The maximum Gasteiger partial charge on any atom is 0.226 e. The summed E-state index contributed by atoms with van der Waals surface area (Å²) in [6.45, 7) is 2.02. The highest BCUT2D eigenvalue weighted by molar-refractivity contribution is 6.29. The van der Waals surface area contributed by atoms with Crippen molar-refractivity contribution in [2.45, 2.75) is 6.92 Å². The van der Waals surface area contributed by atoms with E-state index in [1.807, 2.05) is 38.4 Å². The van der Waals surface area contributed by atoms with Crippen molar-refractivity contribution >= 4 is 28.2 Å². The van der Waals surface area contributed by atoms with Gasteiger partial charge >= 0.3 is 0 Å². The number of benzene rings is 1. The van der Waals surface area contributed by atoms with Crippen LogP contribution in [0.3, 0.4) is 0 Å². The summed E-state index contributed by atoms with van der Waals surface area (Å²) in [5, 5.41) is 9.79. The van der Waals surface area contributed by atoms with Crippen LogP contribution in [0.25, 0.3) is 27.9 Å². The van der Waals surface area contributed by atoms with Crippen molar-refractivity contribution in [2.24, 2.45) is 7.05 Å². The lowest BCUT2D eigenvalue weighted by Gasteiger charge is -2.01. The normalized spacial score (nSPS) is 11.6. The molecule has 0 radical (unpaired) electrons. The molecule has 0 aliphatic carbocycles. The number of aromatic nitrogens is 6. The molecule has 6 nitrogen and oxygen atoms in total. The molecule has 0 saturated carbocycles. The third kappa shape index (κ3) is 1.87. The zero-order valence-corrected chi connectivity index (χ0v) is 12.2. The third-order valence-electron chi connectivity index (χ3n) is 3.35. The zero-order valence-electron chi connectivity index (χ0n) is 11.4. The zero-order chi connectivity index (χ0) is 14.6. The van der Waals surface area contributed by atoms with E-state index >= 15 is 0 Å². The highest BCUT2D eigenvalue weighted by Crippen LogP contribution is 2.24. The Kier molecular flexibility index (Phi) is 2.49. The standard InChI is InChI=1S/C14H11ClN6/c1-8-3-4-10-11(5-8)17-14(15)21-13(10)18-12(19-21)9-6-16-20(2)7-9/h3-7H,1-2H3. The van der Waals surface area contributed by atoms with Crippen molar-refractivity contribution in [2.75, 3.05) is 0 Å². The van der Waals surface area contributed by atoms with E-state index in [4.69, 9.17) is 11.6 Å². The summed E-state index contributed by atoms with van der Waals surface area (Å²) < 4.78 is 3.27. The van der Waals surface area contributed by atoms with E-state index in [1.165, 1.54) is 0 Å². The number of halogens is 1. The fourth-order valence-corrected chi connectivity index (χ4v) is 2.55. The topological polar surface area (TPSA) is 60.9 Å². The van der Waals surface area contributed by atoms with Crippen molar-refractivity contribution in [3.63, 3.8) is 0 Å². The van der Waals surface area contributed by atoms with Crippen LogP contribution < -0.4 is 0 Å². The Morgan fingerprint density at radius 2 is 2.05 bits per heavy atom. The van der Waals surface area contributed by atoms with Gasteiger partial charge in [-0.05, 0) is 36.2 Å². The van der Waals surface area contributed by atoms with Crippen LogP contribution >= 0.6 is 11.6 Å². The molecule has 1 aromatic carbocycles. The molecule has 4 rings (SSSR count). The number of fused-ring (bicyclic) bond motifs is 3. The first-order valence-electron chi connectivity index (χ1n) is 6.43. The predicted molar refractivity (Wildman–Crippen MR) is 80.2 cm³/mol. The Morgan fingerprint density at radius 3 is 2.81 bits per heavy atom. The van der Waals surface area contributed by atoms with Gasteiger partial charge in [-0.3, -0.25) is 4.68 Å². The van der Waals surface area contributed by atoms with Gasteiger partial charge in [0, 0.05) is 18.6 Å². The second-order valence-electron chi connectivity index (χ2n) is 4.97. The molecule has 104 valence electrons. The molecule has 0 saturated heterocycles. The van der Waals surface area contributed by atoms with Crippen LogP contribution in [0.4, 0.5) is 0 Å². The highest BCUT2D eigenvalue weighted by atomic mass is 35.5. The fraction of sp³-hybridized carbons (Fsp3) is 0.143. The average Bonchev–Trinajstić information content (AvgIpc) is 3.05. The van der Waals surface area contributed by atoms with Crippen LogP contribution in [0.15, 0.2) is 30.6 Å². The molecule has 0 N–H and O–H groups in total. The van der Waals surface area contributed by atoms with E-state index in [0.29, 0.717) is 16.8 Å². The molecule has 0 bridgehead atoms. The Morgan fingerprint density at radius 1 is 1.19 bits per heavy atom. The van der Waals surface area contributed by atoms with Gasteiger partial charge in [0.25, 0.3) is 0 Å². The van der Waals surface area contributed by atoms with Crippen molar-refractivity contribution < 1.29 is 0 Å². The minimum atomic E-state index is 0.297. The van der Waals surface area contributed by atoms with Gasteiger partial charge in [0.05, 0.1) is 17.3 Å². The Balaban J connectivity index is 2.06. The van der Waals surface area contributed by atoms with Crippen molar-refractivity contribution in [3.8, 4) is 11.4 Å². The molecular formula is C14H11ClN6. The molecule has 21 heavy (non-hydrogen) atoms. The SMILES string of the molecule is Cc1ccc2c(c1)nc(Cl)n1nc(-c3cnn(C)c3)nc21. The van der Waals surface area contributed by atoms with Gasteiger partial charge in [0.2, 0.25) is 5.28 Å². The molecule has 3 aromatic heterocycles. The fourth-order valence-electron chi connectivity index (χ4n) is 2.34. The van der Waals surface area contributed by atoms with Gasteiger partial charge in [-0.2, -0.15) is 9.61 Å². The largest absolute Gasteiger partial charge is 0.275 e. The first-order valence-corrected chi connectivity index (χ1v) is 6.81. The third-order valence-corrected chi connectivity index (χ3v) is 3.60. The molecule has 0 spiro atoms. The molecule has 0 aliphatic rings. The molecule has 0 unspecified atom stereocenters. The van der Waals surface area contributed by atoms with E-state index in [1.54, 1.807) is 15.4 Å². The minimum Gasteiger partial charge on any atom is -0.275 e. The Bertz CT molecular complexity index is 984. The van der Waals surface area contributed by atoms with Gasteiger partial charge in [-0.1, -0.05) is 6.07 Å². The van der Waals surface area contributed by atoms with Crippen LogP contribution in [0, 0.1) is 6.92 Å². The molecule has 0 atom stereocenters. The van der Waals surface area contributed by atoms with Crippen LogP contribution in [-0.4, -0.2) is 29.4 Å². The molecule has 3 heterocycles. The summed E-state index contributed by atoms with van der Waals surface area (Å²) in [5.41, 5.74) is 3.49. The van der Waals surface area contributed by atoms with Crippen molar-refractivity contribution in [1.29, 1.82) is 0 Å². The van der Waals surface area contributed by atoms with Gasteiger partial charge in [-0.25, -0.2) is 9.97 Å². The van der Waals surface area contributed by atoms with Gasteiger partial charge < -0.3 is 0 Å². The smallest absolute Gasteiger partial charge is 0.226 e. The summed E-state index contributed by atoms with van der Waals surface area (Å²) in [5.74, 6) is 0.583. The van der Waals surface area contributed by atoms with Crippen molar-refractivity contribution in [1.82, 2.24) is 29.4 Å². The summed E-state index contributed by atoms with van der Waals surface area (Å²) in [6, 6.07) is 6.00. The van der Waals surface area contributed by atoms with E-state index in [9.17, 15) is 0 Å². The molecule has 0 fully saturated rings. The highest BCUT2D eigenvalue weighted by Gasteiger charge is 2.14. The number of nitrogens with zero attached hydrogens (tertiary/aromatic N) is 6. The summed E-state index contributed by atoms with van der Waals surface area (Å²) in [7, 11) is 1.85. The first-order chi connectivity index (χ1) is 10.1. The summed E-state index contributed by atoms with van der Waals surface area (Å²) >= 11 is 6.22. The second-order valence-corrected chi connectivity index (χ2v) is 5.31. The molecular weight excluding hydrogens is 288 g/mol. The second kappa shape index (κ2) is 4.26. The predicted octanol–water partition coefficient (Wildman–Crippen LogP) is 2.64. The molecule has 0 aliphatic heterocycles. The van der Waals surface area contributed by atoms with Crippen LogP contribution in [0.1, 0.15) is 5.56 Å². The van der Waals surface area contributed by atoms with Gasteiger partial charge in [-0.15, -0.1) is 5.10 Å². The maximum absolute atomic E-state index is 6.22. The lowest BCUT2D eigenvalue weighted by molar-refractivity contribution is 0.768. The van der Waals surface area contributed by atoms with E-state index in [-0.39, 0.29) is 0 Å². The van der Waals surface area contributed by atoms with E-state index in [2.05, 4.69) is 20.2 Å². The lowest BCUT2D eigenvalue weighted by atomic mass is 10.2. The number of rotatable bonds is 1. The summed E-state index contributed by atoms with van der Waals surface area (Å²) in [4.78, 5) is 8.97. The monoisotopic (exact) mass is 298 g/mol. The summed E-state index contributed by atoms with van der Waals surface area (Å²) in [6.07, 6.45) is 3.59. The maximum atomic E-state index is 6.22. The van der Waals surface area contributed by atoms with E-state index < -0.39 is 0 Å². The average molecular weight is 299 g/mol. The van der Waals surface area contributed by atoms with Crippen molar-refractivity contribution in [3.05, 3.63) is 41.4 Å². The minimum absolute atomic E-state index is 0.297. The molecule has 4 aromatic rings. The number of hydrogen-bond donors (Lipinski definition) is 0. The lowest BCUT2D eigenvalue weighted by Crippen LogP contribution is -1.95. The van der Waals surface area contributed by atoms with Crippen LogP contribution in [0.2, 0.25) is 5.28 Å². The van der Waals surface area contributed by atoms with Crippen LogP contribution in [-0.2, 0) is 7.05 Å². The molecule has 7 heteroatoms. The van der Waals surface area contributed by atoms with E-state index in [0.717, 1.165) is 22.0 Å². The van der Waals surface area contributed by atoms with Gasteiger partial charge in [0.1, 0.15) is 0 Å². The Hall–Kier alpha value is -2.47. The van der Waals surface area contributed by atoms with Crippen LogP contribution in [0.5, 0.6) is 0 Å². The number of hydrogen-bond acceptors (Lipinski definition) is 4. The quantitative estimate of drug-likeness (QED) is 0.507. The Labute approximate surface area is 125 Å².